The maximum Gasteiger partial charge on any atom is 0.258 e. The van der Waals surface area contributed by atoms with Crippen LogP contribution >= 0.6 is 11.8 Å². The molecule has 2 aliphatic heterocycles. The Kier molecular flexibility index (Phi) is 4.67. The predicted molar refractivity (Wildman–Crippen MR) is 120 cm³/mol. The van der Waals surface area contributed by atoms with E-state index in [2.05, 4.69) is 11.1 Å². The minimum Gasteiger partial charge on any atom is -0.315 e. The molecule has 154 valence electrons. The Balaban J connectivity index is 1.54. The van der Waals surface area contributed by atoms with Crippen LogP contribution in [0.5, 0.6) is 0 Å². The second-order valence-electron chi connectivity index (χ2n) is 7.65. The van der Waals surface area contributed by atoms with Gasteiger partial charge in [0.05, 0.1) is 29.8 Å². The fraction of sp³-hybridized carbons (Fsp3) is 0.286. The number of nitrogens with zero attached hydrogens (tertiary/aromatic N) is 4. The topological polar surface area (TPSA) is 84.1 Å². The number of hydrogen-bond donors (Lipinski definition) is 0. The minimum absolute atomic E-state index is 0.0486. The minimum atomic E-state index is -3.02. The van der Waals surface area contributed by atoms with E-state index >= 15 is 0 Å². The van der Waals surface area contributed by atoms with Crippen molar-refractivity contribution in [3.63, 3.8) is 0 Å². The maximum atomic E-state index is 12.5. The summed E-state index contributed by atoms with van der Waals surface area (Å²) in [4.78, 5) is 24.0. The molecule has 4 heterocycles. The molecular weight excluding hydrogens is 420 g/mol. The van der Waals surface area contributed by atoms with Crippen LogP contribution in [-0.2, 0) is 16.4 Å². The molecule has 0 bridgehead atoms. The quantitative estimate of drug-likeness (QED) is 0.621. The first-order valence-electron chi connectivity index (χ1n) is 9.64. The molecule has 2 aliphatic rings. The highest BCUT2D eigenvalue weighted by molar-refractivity contribution is 8.15. The van der Waals surface area contributed by atoms with E-state index in [4.69, 9.17) is 4.99 Å². The molecule has 2 aromatic heterocycles. The van der Waals surface area contributed by atoms with Crippen LogP contribution in [0, 0.1) is 6.92 Å². The maximum absolute atomic E-state index is 12.5. The molecule has 0 aliphatic carbocycles. The first-order chi connectivity index (χ1) is 14.4. The second-order valence-corrected chi connectivity index (χ2v) is 11.0. The van der Waals surface area contributed by atoms with Gasteiger partial charge in [-0.25, -0.2) is 13.4 Å². The van der Waals surface area contributed by atoms with Gasteiger partial charge in [0.2, 0.25) is 0 Å². The molecule has 7 nitrogen and oxygen atoms in total. The summed E-state index contributed by atoms with van der Waals surface area (Å²) < 4.78 is 25.4. The molecule has 5 rings (SSSR count). The lowest BCUT2D eigenvalue weighted by Crippen LogP contribution is -2.29. The molecule has 1 saturated heterocycles. The van der Waals surface area contributed by atoms with Gasteiger partial charge in [0, 0.05) is 23.2 Å². The van der Waals surface area contributed by atoms with Crippen LogP contribution < -0.4 is 10.5 Å². The number of aryl methyl sites for hydroxylation is 1. The molecule has 9 heteroatoms. The molecule has 0 spiro atoms. The summed E-state index contributed by atoms with van der Waals surface area (Å²) in [5.41, 5.74) is 3.15. The van der Waals surface area contributed by atoms with Gasteiger partial charge in [-0.05, 0) is 36.8 Å². The van der Waals surface area contributed by atoms with Crippen LogP contribution in [0.3, 0.4) is 0 Å². The molecule has 3 aromatic rings. The Hall–Kier alpha value is -2.65. The van der Waals surface area contributed by atoms with Crippen molar-refractivity contribution in [2.24, 2.45) is 4.99 Å². The Morgan fingerprint density at radius 2 is 2.03 bits per heavy atom. The SMILES string of the molecule is Cc1cccc(N(Cc2cc(=O)n3ccccc3n2)C2=N[C@@H]3CS(=O)(=O)C[C@@H]3S2)c1. The van der Waals surface area contributed by atoms with Gasteiger partial charge in [0.25, 0.3) is 5.56 Å². The number of thioether (sulfide) groups is 1. The van der Waals surface area contributed by atoms with Crippen molar-refractivity contribution in [3.8, 4) is 0 Å². The Labute approximate surface area is 178 Å². The molecule has 0 unspecified atom stereocenters. The molecule has 0 saturated carbocycles. The number of benzene rings is 1. The summed E-state index contributed by atoms with van der Waals surface area (Å²) in [6.45, 7) is 2.40. The van der Waals surface area contributed by atoms with Gasteiger partial charge in [-0.3, -0.25) is 14.2 Å². The summed E-state index contributed by atoms with van der Waals surface area (Å²) in [6, 6.07) is 14.8. The van der Waals surface area contributed by atoms with Crippen molar-refractivity contribution in [1.82, 2.24) is 9.38 Å². The zero-order chi connectivity index (χ0) is 20.9. The van der Waals surface area contributed by atoms with Gasteiger partial charge in [0.1, 0.15) is 5.65 Å². The molecule has 2 atom stereocenters. The highest BCUT2D eigenvalue weighted by Crippen LogP contribution is 2.37. The molecule has 0 amide bonds. The van der Waals surface area contributed by atoms with E-state index in [1.54, 1.807) is 24.4 Å². The Bertz CT molecular complexity index is 1330. The monoisotopic (exact) mass is 440 g/mol. The van der Waals surface area contributed by atoms with Crippen molar-refractivity contribution >= 4 is 38.1 Å². The van der Waals surface area contributed by atoms with Crippen LogP contribution in [0.4, 0.5) is 5.69 Å². The first-order valence-corrected chi connectivity index (χ1v) is 12.3. The molecule has 30 heavy (non-hydrogen) atoms. The Morgan fingerprint density at radius 1 is 1.17 bits per heavy atom. The van der Waals surface area contributed by atoms with E-state index in [1.807, 2.05) is 36.1 Å². The van der Waals surface area contributed by atoms with E-state index in [0.29, 0.717) is 17.9 Å². The molecule has 0 N–H and O–H groups in total. The van der Waals surface area contributed by atoms with Crippen molar-refractivity contribution in [2.45, 2.75) is 24.8 Å². The van der Waals surface area contributed by atoms with Crippen molar-refractivity contribution in [3.05, 3.63) is 76.3 Å². The largest absolute Gasteiger partial charge is 0.315 e. The smallest absolute Gasteiger partial charge is 0.258 e. The number of aliphatic imine (C=N–C) groups is 1. The van der Waals surface area contributed by atoms with Crippen molar-refractivity contribution in [2.75, 3.05) is 16.4 Å². The summed E-state index contributed by atoms with van der Waals surface area (Å²) in [7, 11) is -3.02. The fourth-order valence-electron chi connectivity index (χ4n) is 3.88. The molecule has 1 aromatic carbocycles. The summed E-state index contributed by atoms with van der Waals surface area (Å²) >= 11 is 1.51. The zero-order valence-electron chi connectivity index (χ0n) is 16.3. The average molecular weight is 441 g/mol. The number of sulfone groups is 1. The van der Waals surface area contributed by atoms with E-state index in [1.165, 1.54) is 16.2 Å². The van der Waals surface area contributed by atoms with Crippen molar-refractivity contribution in [1.29, 1.82) is 0 Å². The number of anilines is 1. The summed E-state index contributed by atoms with van der Waals surface area (Å²) in [6.07, 6.45) is 1.70. The zero-order valence-corrected chi connectivity index (χ0v) is 17.9. The summed E-state index contributed by atoms with van der Waals surface area (Å²) in [5.74, 6) is 0.262. The highest BCUT2D eigenvalue weighted by atomic mass is 32.2. The van der Waals surface area contributed by atoms with Crippen LogP contribution in [0.1, 0.15) is 11.3 Å². The third kappa shape index (κ3) is 3.63. The molecular formula is C21H20N4O3S2. The Morgan fingerprint density at radius 3 is 2.83 bits per heavy atom. The lowest BCUT2D eigenvalue weighted by molar-refractivity contribution is 0.601. The fourth-order valence-corrected chi connectivity index (χ4v) is 7.66. The van der Waals surface area contributed by atoms with E-state index in [0.717, 1.165) is 16.4 Å². The third-order valence-corrected chi connectivity index (χ3v) is 8.54. The van der Waals surface area contributed by atoms with Gasteiger partial charge < -0.3 is 4.90 Å². The van der Waals surface area contributed by atoms with E-state index < -0.39 is 9.84 Å². The van der Waals surface area contributed by atoms with Crippen LogP contribution in [-0.4, -0.2) is 45.8 Å². The average Bonchev–Trinajstić information content (AvgIpc) is 3.19. The third-order valence-electron chi connectivity index (χ3n) is 5.29. The first kappa shape index (κ1) is 19.3. The number of hydrogen-bond acceptors (Lipinski definition) is 7. The highest BCUT2D eigenvalue weighted by Gasteiger charge is 2.44. The van der Waals surface area contributed by atoms with E-state index in [-0.39, 0.29) is 28.4 Å². The van der Waals surface area contributed by atoms with Gasteiger partial charge in [-0.1, -0.05) is 30.0 Å². The number of rotatable bonds is 3. The molecule has 0 radical (unpaired) electrons. The number of amidine groups is 1. The lowest BCUT2D eigenvalue weighted by atomic mass is 10.2. The van der Waals surface area contributed by atoms with Gasteiger partial charge in [0.15, 0.2) is 15.0 Å². The van der Waals surface area contributed by atoms with Crippen LogP contribution in [0.2, 0.25) is 0 Å². The second kappa shape index (κ2) is 7.24. The van der Waals surface area contributed by atoms with Crippen LogP contribution in [0.25, 0.3) is 5.65 Å². The number of fused-ring (bicyclic) bond motifs is 2. The lowest BCUT2D eigenvalue weighted by Gasteiger charge is -2.24. The van der Waals surface area contributed by atoms with E-state index in [9.17, 15) is 13.2 Å². The predicted octanol–water partition coefficient (Wildman–Crippen LogP) is 2.28. The number of aromatic nitrogens is 2. The normalized spacial score (nSPS) is 22.1. The molecule has 1 fully saturated rings. The van der Waals surface area contributed by atoms with Gasteiger partial charge >= 0.3 is 0 Å². The van der Waals surface area contributed by atoms with Gasteiger partial charge in [-0.2, -0.15) is 0 Å². The van der Waals surface area contributed by atoms with Crippen LogP contribution in [0.15, 0.2) is 64.5 Å². The standard InChI is InChI=1S/C21H20N4O3S2/c1-14-5-4-6-16(9-14)25(21-23-17-12-30(27,28)13-18(17)29-21)11-15-10-20(26)24-8-3-2-7-19(24)22-15/h2-10,17-18H,11-13H2,1H3/t17-,18+/m1/s1. The van der Waals surface area contributed by atoms with Crippen molar-refractivity contribution < 1.29 is 8.42 Å². The van der Waals surface area contributed by atoms with Gasteiger partial charge in [-0.15, -0.1) is 0 Å². The number of pyridine rings is 1. The summed E-state index contributed by atoms with van der Waals surface area (Å²) in [5, 5.41) is 0.730.